The Bertz CT molecular complexity index is 3760. The van der Waals surface area contributed by atoms with E-state index in [2.05, 4.69) is 294 Å². The Hall–Kier alpha value is -8.92. The third-order valence-corrected chi connectivity index (χ3v) is 15.0. The molecule has 2 aliphatic carbocycles. The van der Waals surface area contributed by atoms with Crippen LogP contribution in [0.5, 0.6) is 0 Å². The Kier molecular flexibility index (Phi) is 10.4. The van der Waals surface area contributed by atoms with Crippen LogP contribution in [0.1, 0.15) is 45.7 Å². The average molecular weight is 910 g/mol. The second-order valence-electron chi connectivity index (χ2n) is 18.9. The molecule has 3 nitrogen and oxygen atoms in total. The van der Waals surface area contributed by atoms with E-state index < -0.39 is 5.41 Å². The number of hydrogen-bond donors (Lipinski definition) is 0. The first-order valence-electron chi connectivity index (χ1n) is 24.8. The highest BCUT2D eigenvalue weighted by Crippen LogP contribution is 2.57. The van der Waals surface area contributed by atoms with Crippen LogP contribution in [0.2, 0.25) is 0 Å². The largest absolute Gasteiger partial charge is 0.314 e. The summed E-state index contributed by atoms with van der Waals surface area (Å²) < 4.78 is 2.41. The summed E-state index contributed by atoms with van der Waals surface area (Å²) in [6.07, 6.45) is 5.53. The minimum Gasteiger partial charge on any atom is -0.314 e. The second-order valence-corrected chi connectivity index (χ2v) is 18.9. The van der Waals surface area contributed by atoms with Gasteiger partial charge in [-0.1, -0.05) is 188 Å². The van der Waals surface area contributed by atoms with Crippen LogP contribution in [0.3, 0.4) is 0 Å². The molecule has 0 saturated heterocycles. The predicted molar refractivity (Wildman–Crippen MR) is 296 cm³/mol. The van der Waals surface area contributed by atoms with Crippen LogP contribution < -0.4 is 9.80 Å². The Balaban J connectivity index is 1.04. The topological polar surface area (TPSA) is 11.4 Å². The highest BCUT2D eigenvalue weighted by molar-refractivity contribution is 6.09. The molecule has 0 fully saturated rings. The first-order chi connectivity index (χ1) is 35.2. The molecule has 0 radical (unpaired) electrons. The maximum absolute atomic E-state index is 2.52. The number of aromatic nitrogens is 1. The van der Waals surface area contributed by atoms with Crippen molar-refractivity contribution >= 4 is 44.6 Å². The maximum atomic E-state index is 2.52. The molecule has 1 unspecified atom stereocenters. The molecule has 3 heteroatoms. The summed E-state index contributed by atoms with van der Waals surface area (Å²) in [6, 6.07) is 95.9. The first kappa shape index (κ1) is 42.2. The van der Waals surface area contributed by atoms with Crippen LogP contribution in [-0.2, 0) is 5.41 Å². The van der Waals surface area contributed by atoms with Gasteiger partial charge < -0.3 is 14.4 Å². The van der Waals surface area contributed by atoms with E-state index in [9.17, 15) is 0 Å². The van der Waals surface area contributed by atoms with E-state index in [0.717, 1.165) is 29.2 Å². The number of allylic oxidation sites excluding steroid dienone is 4. The van der Waals surface area contributed by atoms with E-state index in [1.807, 2.05) is 0 Å². The van der Waals surface area contributed by atoms with Crippen molar-refractivity contribution in [2.45, 2.75) is 24.7 Å². The molecular formula is C68H51N3. The van der Waals surface area contributed by atoms with E-state index in [-0.39, 0.29) is 5.92 Å². The Labute approximate surface area is 416 Å². The Morgan fingerprint density at radius 3 is 1.69 bits per heavy atom. The van der Waals surface area contributed by atoms with Crippen molar-refractivity contribution in [3.63, 3.8) is 0 Å². The van der Waals surface area contributed by atoms with Gasteiger partial charge >= 0.3 is 0 Å². The normalized spacial score (nSPS) is 14.6. The van der Waals surface area contributed by atoms with Crippen LogP contribution in [0.4, 0.5) is 22.7 Å². The van der Waals surface area contributed by atoms with Gasteiger partial charge in [0.25, 0.3) is 0 Å². The summed E-state index contributed by atoms with van der Waals surface area (Å²) in [5, 5.41) is 2.49. The zero-order valence-electron chi connectivity index (χ0n) is 39.6. The van der Waals surface area contributed by atoms with E-state index in [1.54, 1.807) is 0 Å². The van der Waals surface area contributed by atoms with Crippen molar-refractivity contribution in [1.82, 2.24) is 4.57 Å². The fourth-order valence-electron chi connectivity index (χ4n) is 11.9. The summed E-state index contributed by atoms with van der Waals surface area (Å²) in [6.45, 7) is 2.23. The lowest BCUT2D eigenvalue weighted by Gasteiger charge is -2.39. The molecule has 1 aromatic heterocycles. The average Bonchev–Trinajstić information content (AvgIpc) is 3.93. The van der Waals surface area contributed by atoms with Crippen molar-refractivity contribution in [1.29, 1.82) is 0 Å². The minimum absolute atomic E-state index is 0.0318. The fourth-order valence-corrected chi connectivity index (χ4v) is 11.9. The Morgan fingerprint density at radius 2 is 0.986 bits per heavy atom. The van der Waals surface area contributed by atoms with Crippen LogP contribution in [0, 0.1) is 6.92 Å². The van der Waals surface area contributed by atoms with Gasteiger partial charge in [-0.05, 0) is 136 Å². The zero-order chi connectivity index (χ0) is 47.3. The van der Waals surface area contributed by atoms with E-state index in [4.69, 9.17) is 0 Å². The lowest BCUT2D eigenvalue weighted by atomic mass is 9.67. The van der Waals surface area contributed by atoms with Crippen molar-refractivity contribution in [2.24, 2.45) is 0 Å². The second kappa shape index (κ2) is 17.6. The third kappa shape index (κ3) is 6.96. The van der Waals surface area contributed by atoms with Crippen LogP contribution in [0.25, 0.3) is 38.6 Å². The van der Waals surface area contributed by atoms with Crippen molar-refractivity contribution in [3.05, 3.63) is 318 Å². The van der Waals surface area contributed by atoms with E-state index in [1.165, 1.54) is 83.4 Å². The number of anilines is 4. The highest BCUT2D eigenvalue weighted by atomic mass is 15.2. The summed E-state index contributed by atoms with van der Waals surface area (Å²) >= 11 is 0. The van der Waals surface area contributed by atoms with Crippen molar-refractivity contribution < 1.29 is 0 Å². The fraction of sp³-hybridized carbons (Fsp3) is 0.0588. The molecule has 11 aromatic rings. The standard InChI is InChI=1S/C68H51N3/c1-48-23-17-21-37-64(48)70(53-30-13-5-14-31-53)66-44-41-55(46-60(66)49-39-43-67-61(45-49)59-35-19-22-38-65(59)71(67)54-32-15-6-16-33-54)69(52-28-11-4-12-29-52)56-40-42-58-57-34-18-20-36-62(57)68(63(58)47-56,50-24-7-2-8-25-50)51-26-9-3-10-27-51/h2-45,47,60H,46H2,1H3. The van der Waals surface area contributed by atoms with Gasteiger partial charge in [0.15, 0.2) is 0 Å². The lowest BCUT2D eigenvalue weighted by Crippen LogP contribution is -2.29. The van der Waals surface area contributed by atoms with Gasteiger partial charge in [0, 0.05) is 62.9 Å². The molecule has 1 heterocycles. The summed E-state index contributed by atoms with van der Waals surface area (Å²) in [5.74, 6) is -0.0318. The van der Waals surface area contributed by atoms with Crippen LogP contribution >= 0.6 is 0 Å². The molecule has 2 aliphatic rings. The van der Waals surface area contributed by atoms with Crippen molar-refractivity contribution in [3.8, 4) is 16.8 Å². The number of fused-ring (bicyclic) bond motifs is 6. The van der Waals surface area contributed by atoms with E-state index in [0.29, 0.717) is 0 Å². The SMILES string of the molecule is Cc1ccccc1N(C1=CC=C(N(c2ccccc2)c2ccc3c(c2)C(c2ccccc2)(c2ccccc2)c2ccccc2-3)CC1c1ccc2c(c1)c1ccccc1n2-c1ccccc1)c1ccccc1. The molecule has 10 aromatic carbocycles. The van der Waals surface area contributed by atoms with Gasteiger partial charge in [-0.15, -0.1) is 0 Å². The molecular weight excluding hydrogens is 859 g/mol. The number of para-hydroxylation sites is 5. The quantitative estimate of drug-likeness (QED) is 0.135. The van der Waals surface area contributed by atoms with Gasteiger partial charge in [-0.25, -0.2) is 0 Å². The van der Waals surface area contributed by atoms with Gasteiger partial charge in [0.2, 0.25) is 0 Å². The monoisotopic (exact) mass is 909 g/mol. The summed E-state index contributed by atoms with van der Waals surface area (Å²) in [5.41, 5.74) is 20.2. The Morgan fingerprint density at radius 1 is 0.423 bits per heavy atom. The maximum Gasteiger partial charge on any atom is 0.0714 e. The number of hydrogen-bond acceptors (Lipinski definition) is 2. The van der Waals surface area contributed by atoms with Crippen LogP contribution in [-0.4, -0.2) is 4.57 Å². The zero-order valence-corrected chi connectivity index (χ0v) is 39.6. The number of nitrogens with zero attached hydrogens (tertiary/aromatic N) is 3. The first-order valence-corrected chi connectivity index (χ1v) is 24.8. The number of rotatable bonds is 10. The molecule has 0 spiro atoms. The smallest absolute Gasteiger partial charge is 0.0714 e. The number of aryl methyl sites for hydroxylation is 1. The van der Waals surface area contributed by atoms with Crippen LogP contribution in [0.15, 0.2) is 284 Å². The molecule has 0 aliphatic heterocycles. The van der Waals surface area contributed by atoms with E-state index >= 15 is 0 Å². The molecule has 0 amide bonds. The van der Waals surface area contributed by atoms with Gasteiger partial charge in [-0.2, -0.15) is 0 Å². The molecule has 338 valence electrons. The highest BCUT2D eigenvalue weighted by Gasteiger charge is 2.46. The molecule has 0 N–H and O–H groups in total. The summed E-state index contributed by atoms with van der Waals surface area (Å²) in [7, 11) is 0. The third-order valence-electron chi connectivity index (χ3n) is 15.0. The molecule has 0 saturated carbocycles. The minimum atomic E-state index is -0.526. The molecule has 0 bridgehead atoms. The predicted octanol–water partition coefficient (Wildman–Crippen LogP) is 17.4. The molecule has 71 heavy (non-hydrogen) atoms. The van der Waals surface area contributed by atoms with Gasteiger partial charge in [-0.3, -0.25) is 0 Å². The molecule has 13 rings (SSSR count). The van der Waals surface area contributed by atoms with Gasteiger partial charge in [0.05, 0.1) is 16.4 Å². The number of benzene rings is 10. The summed E-state index contributed by atoms with van der Waals surface area (Å²) in [4.78, 5) is 5.02. The lowest BCUT2D eigenvalue weighted by molar-refractivity contribution is 0.732. The van der Waals surface area contributed by atoms with Crippen molar-refractivity contribution in [2.75, 3.05) is 9.80 Å². The molecule has 1 atom stereocenters. The van der Waals surface area contributed by atoms with Gasteiger partial charge in [0.1, 0.15) is 0 Å².